The van der Waals surface area contributed by atoms with E-state index in [0.29, 0.717) is 23.6 Å². The van der Waals surface area contributed by atoms with E-state index >= 15 is 0 Å². The Labute approximate surface area is 181 Å². The highest BCUT2D eigenvalue weighted by Crippen LogP contribution is 2.30. The van der Waals surface area contributed by atoms with Gasteiger partial charge in [-0.25, -0.2) is 9.97 Å². The topological polar surface area (TPSA) is 129 Å². The number of nitrogen functional groups attached to an aromatic ring is 1. The van der Waals surface area contributed by atoms with Crippen molar-refractivity contribution in [2.45, 2.75) is 19.1 Å². The van der Waals surface area contributed by atoms with Gasteiger partial charge in [0, 0.05) is 30.1 Å². The molecule has 2 heterocycles. The van der Waals surface area contributed by atoms with E-state index in [1.54, 1.807) is 24.4 Å². The average Bonchev–Trinajstić information content (AvgIpc) is 2.77. The van der Waals surface area contributed by atoms with Crippen LogP contribution in [0.4, 0.5) is 24.8 Å². The van der Waals surface area contributed by atoms with Gasteiger partial charge in [0.15, 0.2) is 6.29 Å². The lowest BCUT2D eigenvalue weighted by Gasteiger charge is -2.12. The van der Waals surface area contributed by atoms with Gasteiger partial charge in [-0.3, -0.25) is 4.79 Å². The van der Waals surface area contributed by atoms with Gasteiger partial charge >= 0.3 is 6.18 Å². The molecule has 0 spiro atoms. The van der Waals surface area contributed by atoms with Crippen LogP contribution in [0.5, 0.6) is 0 Å². The number of benzene rings is 1. The van der Waals surface area contributed by atoms with Crippen LogP contribution in [0.3, 0.4) is 0 Å². The fraction of sp³-hybridized carbons (Fsp3) is 0.136. The van der Waals surface area contributed by atoms with Crippen LogP contribution in [0.15, 0.2) is 48.8 Å². The molecule has 0 unspecified atom stereocenters. The minimum Gasteiger partial charge on any atom is -0.383 e. The molecule has 4 N–H and O–H groups in total. The Morgan fingerprint density at radius 1 is 1.16 bits per heavy atom. The van der Waals surface area contributed by atoms with Crippen molar-refractivity contribution in [1.82, 2.24) is 9.97 Å². The first-order valence-corrected chi connectivity index (χ1v) is 9.28. The van der Waals surface area contributed by atoms with Crippen molar-refractivity contribution in [3.05, 3.63) is 71.0 Å². The summed E-state index contributed by atoms with van der Waals surface area (Å²) in [5.74, 6) is 0.227. The minimum absolute atomic E-state index is 0.0560. The van der Waals surface area contributed by atoms with Crippen molar-refractivity contribution in [1.29, 1.82) is 10.7 Å². The molecular weight excluding hydrogens is 421 g/mol. The van der Waals surface area contributed by atoms with Crippen molar-refractivity contribution in [3.63, 3.8) is 0 Å². The number of aldehydes is 1. The monoisotopic (exact) mass is 438 g/mol. The molecule has 0 bridgehead atoms. The number of nitrogens with zero attached hydrogens (tertiary/aromatic N) is 3. The van der Waals surface area contributed by atoms with E-state index in [2.05, 4.69) is 15.3 Å². The van der Waals surface area contributed by atoms with Crippen molar-refractivity contribution >= 4 is 23.6 Å². The Kier molecular flexibility index (Phi) is 6.49. The Morgan fingerprint density at radius 3 is 2.50 bits per heavy atom. The maximum absolute atomic E-state index is 12.8. The van der Waals surface area contributed by atoms with Crippen molar-refractivity contribution in [2.75, 3.05) is 11.1 Å². The lowest BCUT2D eigenvalue weighted by atomic mass is 10.0. The minimum atomic E-state index is -4.58. The number of nitriles is 1. The second-order valence-electron chi connectivity index (χ2n) is 6.80. The molecule has 7 nitrogen and oxygen atoms in total. The number of alkyl halides is 3. The molecule has 3 rings (SSSR count). The standard InChI is InChI=1S/C22H17F3N6O/c23-22(24,25)17-7-16(12-32)21(31-11-17)30-9-13-1-3-14(4-2-13)15-8-18(19(27)5-6-26)20(28)29-10-15/h1-4,7-8,10-12,27H,5,9H2,(H2,28,29)(H,30,31). The van der Waals surface area contributed by atoms with E-state index < -0.39 is 11.7 Å². The Bertz CT molecular complexity index is 1200. The lowest BCUT2D eigenvalue weighted by molar-refractivity contribution is -0.137. The second kappa shape index (κ2) is 9.26. The molecule has 0 aliphatic rings. The Morgan fingerprint density at radius 2 is 1.88 bits per heavy atom. The molecule has 0 saturated carbocycles. The number of rotatable bonds is 7. The summed E-state index contributed by atoms with van der Waals surface area (Å²) < 4.78 is 38.3. The molecule has 0 fully saturated rings. The summed E-state index contributed by atoms with van der Waals surface area (Å²) in [5, 5.41) is 19.6. The quantitative estimate of drug-likeness (QED) is 0.369. The number of aromatic nitrogens is 2. The lowest BCUT2D eigenvalue weighted by Crippen LogP contribution is -2.10. The van der Waals surface area contributed by atoms with Crippen LogP contribution in [0, 0.1) is 16.7 Å². The number of hydrogen-bond donors (Lipinski definition) is 3. The molecule has 0 saturated heterocycles. The average molecular weight is 438 g/mol. The third kappa shape index (κ3) is 5.07. The predicted octanol–water partition coefficient (Wildman–Crippen LogP) is 4.45. The van der Waals surface area contributed by atoms with Crippen LogP contribution in [0.25, 0.3) is 11.1 Å². The molecule has 0 amide bonds. The molecule has 0 radical (unpaired) electrons. The molecule has 162 valence electrons. The molecule has 32 heavy (non-hydrogen) atoms. The van der Waals surface area contributed by atoms with Crippen LogP contribution in [0.1, 0.15) is 33.5 Å². The summed E-state index contributed by atoms with van der Waals surface area (Å²) in [6.45, 7) is 0.234. The van der Waals surface area contributed by atoms with Gasteiger partial charge in [-0.15, -0.1) is 0 Å². The van der Waals surface area contributed by atoms with Gasteiger partial charge in [-0.05, 0) is 23.3 Å². The summed E-state index contributed by atoms with van der Waals surface area (Å²) in [4.78, 5) is 19.0. The van der Waals surface area contributed by atoms with Crippen molar-refractivity contribution < 1.29 is 18.0 Å². The first kappa shape index (κ1) is 22.4. The Balaban J connectivity index is 1.75. The number of carbonyl (C=O) groups is 1. The summed E-state index contributed by atoms with van der Waals surface area (Å²) in [7, 11) is 0. The third-order valence-electron chi connectivity index (χ3n) is 4.62. The number of nitrogens with two attached hydrogens (primary N) is 1. The molecule has 0 atom stereocenters. The summed E-state index contributed by atoms with van der Waals surface area (Å²) in [5.41, 5.74) is 7.42. The van der Waals surface area contributed by atoms with Crippen LogP contribution in [-0.2, 0) is 12.7 Å². The third-order valence-corrected chi connectivity index (χ3v) is 4.62. The Hall–Kier alpha value is -4.26. The maximum atomic E-state index is 12.8. The van der Waals surface area contributed by atoms with Crippen LogP contribution in [0.2, 0.25) is 0 Å². The molecule has 2 aromatic heterocycles. The number of pyridine rings is 2. The summed E-state index contributed by atoms with van der Waals surface area (Å²) in [6, 6.07) is 11.6. The van der Waals surface area contributed by atoms with E-state index in [1.165, 1.54) is 0 Å². The molecule has 3 aromatic rings. The first-order valence-electron chi connectivity index (χ1n) is 9.28. The number of carbonyl (C=O) groups excluding carboxylic acids is 1. The van der Waals surface area contributed by atoms with Gasteiger partial charge in [0.05, 0.1) is 29.3 Å². The van der Waals surface area contributed by atoms with Crippen LogP contribution < -0.4 is 11.1 Å². The van der Waals surface area contributed by atoms with E-state index in [0.717, 1.165) is 17.2 Å². The smallest absolute Gasteiger partial charge is 0.383 e. The van der Waals surface area contributed by atoms with E-state index in [9.17, 15) is 18.0 Å². The van der Waals surface area contributed by atoms with Crippen molar-refractivity contribution in [2.24, 2.45) is 0 Å². The molecule has 0 aliphatic heterocycles. The van der Waals surface area contributed by atoms with Gasteiger partial charge in [-0.2, -0.15) is 18.4 Å². The maximum Gasteiger partial charge on any atom is 0.417 e. The van der Waals surface area contributed by atoms with Gasteiger partial charge < -0.3 is 16.5 Å². The second-order valence-corrected chi connectivity index (χ2v) is 6.80. The highest BCUT2D eigenvalue weighted by atomic mass is 19.4. The van der Waals surface area contributed by atoms with Crippen LogP contribution >= 0.6 is 0 Å². The zero-order chi connectivity index (χ0) is 23.3. The normalized spacial score (nSPS) is 10.9. The van der Waals surface area contributed by atoms with Crippen molar-refractivity contribution in [3.8, 4) is 17.2 Å². The van der Waals surface area contributed by atoms with Gasteiger partial charge in [0.1, 0.15) is 11.6 Å². The molecule has 0 aliphatic carbocycles. The summed E-state index contributed by atoms with van der Waals surface area (Å²) in [6.07, 6.45) is -2.10. The highest BCUT2D eigenvalue weighted by Gasteiger charge is 2.31. The zero-order valence-corrected chi connectivity index (χ0v) is 16.6. The predicted molar refractivity (Wildman–Crippen MR) is 113 cm³/mol. The fourth-order valence-corrected chi connectivity index (χ4v) is 2.92. The molecular formula is C22H17F3N6O. The highest BCUT2D eigenvalue weighted by molar-refractivity contribution is 6.03. The number of anilines is 2. The van der Waals surface area contributed by atoms with E-state index in [4.69, 9.17) is 16.4 Å². The van der Waals surface area contributed by atoms with Gasteiger partial charge in [0.25, 0.3) is 0 Å². The fourth-order valence-electron chi connectivity index (χ4n) is 2.92. The largest absolute Gasteiger partial charge is 0.417 e. The van der Waals surface area contributed by atoms with E-state index in [-0.39, 0.29) is 35.9 Å². The first-order chi connectivity index (χ1) is 15.2. The van der Waals surface area contributed by atoms with E-state index in [1.807, 2.05) is 18.2 Å². The van der Waals surface area contributed by atoms with Gasteiger partial charge in [-0.1, -0.05) is 24.3 Å². The number of nitrogens with one attached hydrogen (secondary N) is 2. The molecule has 1 aromatic carbocycles. The number of hydrogen-bond acceptors (Lipinski definition) is 7. The zero-order valence-electron chi connectivity index (χ0n) is 16.6. The SMILES string of the molecule is N#CCC(=N)c1cc(-c2ccc(CNc3ncc(C(F)(F)F)cc3C=O)cc2)cnc1N. The van der Waals surface area contributed by atoms with Gasteiger partial charge in [0.2, 0.25) is 0 Å². The summed E-state index contributed by atoms with van der Waals surface area (Å²) >= 11 is 0. The number of halogens is 3. The molecule has 10 heteroatoms. The van der Waals surface area contributed by atoms with Crippen LogP contribution in [-0.4, -0.2) is 22.0 Å².